The summed E-state index contributed by atoms with van der Waals surface area (Å²) >= 11 is 0. The van der Waals surface area contributed by atoms with Gasteiger partial charge in [-0.2, -0.15) is 0 Å². The minimum Gasteiger partial charge on any atom is -0.355 e. The highest BCUT2D eigenvalue weighted by Gasteiger charge is 2.56. The maximum atomic E-state index is 12.6. The molecular weight excluding hydrogens is 312 g/mol. The van der Waals surface area contributed by atoms with Gasteiger partial charge >= 0.3 is 0 Å². The fourth-order valence-electron chi connectivity index (χ4n) is 2.89. The first-order valence-electron chi connectivity index (χ1n) is 8.87. The molecular formula is C21H24N2O2. The standard InChI is InChI=1S/C21H24N2O2/c1-2-16-8-10-18(11-9-16)23-20(25)21(13-14-21)19(24)22-15-12-17-6-4-3-5-7-17/h3-11H,2,12-15H2,1H3,(H,22,24)(H,23,25). The minimum absolute atomic E-state index is 0.161. The molecule has 1 saturated carbocycles. The number of hydrogen-bond donors (Lipinski definition) is 2. The van der Waals surface area contributed by atoms with Gasteiger partial charge in [0.15, 0.2) is 0 Å². The van der Waals surface area contributed by atoms with Gasteiger partial charge < -0.3 is 10.6 Å². The van der Waals surface area contributed by atoms with Crippen LogP contribution in [0.5, 0.6) is 0 Å². The van der Waals surface area contributed by atoms with E-state index in [4.69, 9.17) is 0 Å². The maximum absolute atomic E-state index is 12.6. The molecule has 4 heteroatoms. The number of hydrogen-bond acceptors (Lipinski definition) is 2. The molecule has 130 valence electrons. The first-order valence-corrected chi connectivity index (χ1v) is 8.87. The van der Waals surface area contributed by atoms with E-state index in [1.54, 1.807) is 0 Å². The second-order valence-electron chi connectivity index (χ2n) is 6.58. The van der Waals surface area contributed by atoms with E-state index in [0.29, 0.717) is 19.4 Å². The van der Waals surface area contributed by atoms with E-state index in [0.717, 1.165) is 18.5 Å². The summed E-state index contributed by atoms with van der Waals surface area (Å²) < 4.78 is 0. The quantitative estimate of drug-likeness (QED) is 0.762. The number of nitrogens with one attached hydrogen (secondary N) is 2. The molecule has 25 heavy (non-hydrogen) atoms. The Morgan fingerprint density at radius 1 is 0.920 bits per heavy atom. The summed E-state index contributed by atoms with van der Waals surface area (Å²) in [4.78, 5) is 25.0. The molecule has 1 fully saturated rings. The molecule has 0 spiro atoms. The van der Waals surface area contributed by atoms with E-state index in [9.17, 15) is 9.59 Å². The zero-order chi connectivity index (χ0) is 17.7. The third kappa shape index (κ3) is 4.08. The van der Waals surface area contributed by atoms with Crippen molar-refractivity contribution >= 4 is 17.5 Å². The lowest BCUT2D eigenvalue weighted by atomic mass is 10.0. The summed E-state index contributed by atoms with van der Waals surface area (Å²) in [6, 6.07) is 17.8. The van der Waals surface area contributed by atoms with E-state index in [1.807, 2.05) is 54.6 Å². The van der Waals surface area contributed by atoms with Crippen LogP contribution < -0.4 is 10.6 Å². The molecule has 0 unspecified atom stereocenters. The van der Waals surface area contributed by atoms with Crippen LogP contribution in [0.25, 0.3) is 0 Å². The molecule has 4 nitrogen and oxygen atoms in total. The summed E-state index contributed by atoms with van der Waals surface area (Å²) in [5.74, 6) is -0.361. The molecule has 3 rings (SSSR count). The van der Waals surface area contributed by atoms with Gasteiger partial charge in [-0.15, -0.1) is 0 Å². The van der Waals surface area contributed by atoms with Crippen molar-refractivity contribution in [3.05, 3.63) is 65.7 Å². The maximum Gasteiger partial charge on any atom is 0.240 e. The van der Waals surface area contributed by atoms with Crippen molar-refractivity contribution < 1.29 is 9.59 Å². The Bertz CT molecular complexity index is 734. The Labute approximate surface area is 148 Å². The second kappa shape index (κ2) is 7.51. The fraction of sp³-hybridized carbons (Fsp3) is 0.333. The molecule has 1 aliphatic carbocycles. The van der Waals surface area contributed by atoms with E-state index in [1.165, 1.54) is 11.1 Å². The van der Waals surface area contributed by atoms with Crippen molar-refractivity contribution in [2.45, 2.75) is 32.6 Å². The molecule has 0 saturated heterocycles. The monoisotopic (exact) mass is 336 g/mol. The molecule has 0 atom stereocenters. The summed E-state index contributed by atoms with van der Waals surface area (Å²) in [5, 5.41) is 5.80. The molecule has 0 radical (unpaired) electrons. The molecule has 2 aromatic rings. The summed E-state index contributed by atoms with van der Waals surface area (Å²) in [7, 11) is 0. The molecule has 2 amide bonds. The first kappa shape index (κ1) is 17.2. The zero-order valence-electron chi connectivity index (χ0n) is 14.5. The van der Waals surface area contributed by atoms with Gasteiger partial charge in [0.2, 0.25) is 11.8 Å². The van der Waals surface area contributed by atoms with Crippen LogP contribution >= 0.6 is 0 Å². The van der Waals surface area contributed by atoms with Gasteiger partial charge in [0.1, 0.15) is 5.41 Å². The smallest absolute Gasteiger partial charge is 0.240 e. The van der Waals surface area contributed by atoms with Crippen molar-refractivity contribution in [3.63, 3.8) is 0 Å². The largest absolute Gasteiger partial charge is 0.355 e. The Morgan fingerprint density at radius 3 is 2.20 bits per heavy atom. The number of benzene rings is 2. The zero-order valence-corrected chi connectivity index (χ0v) is 14.5. The van der Waals surface area contributed by atoms with Crippen LogP contribution in [-0.4, -0.2) is 18.4 Å². The molecule has 0 heterocycles. The van der Waals surface area contributed by atoms with Crippen LogP contribution in [0, 0.1) is 5.41 Å². The fourth-order valence-corrected chi connectivity index (χ4v) is 2.89. The molecule has 1 aliphatic rings. The highest BCUT2D eigenvalue weighted by Crippen LogP contribution is 2.46. The highest BCUT2D eigenvalue weighted by molar-refractivity contribution is 6.13. The van der Waals surface area contributed by atoms with Gasteiger partial charge in [0.05, 0.1) is 0 Å². The first-order chi connectivity index (χ1) is 12.1. The van der Waals surface area contributed by atoms with Crippen molar-refractivity contribution in [3.8, 4) is 0 Å². The molecule has 0 aliphatic heterocycles. The van der Waals surface area contributed by atoms with Crippen LogP contribution in [0.2, 0.25) is 0 Å². The molecule has 2 N–H and O–H groups in total. The Balaban J connectivity index is 1.53. The third-order valence-electron chi connectivity index (χ3n) is 4.78. The molecule has 0 aromatic heterocycles. The van der Waals surface area contributed by atoms with Gasteiger partial charge in [-0.3, -0.25) is 9.59 Å². The number of amides is 2. The average Bonchev–Trinajstić information content (AvgIpc) is 3.45. The number of rotatable bonds is 7. The topological polar surface area (TPSA) is 58.2 Å². The Kier molecular flexibility index (Phi) is 5.17. The van der Waals surface area contributed by atoms with Crippen LogP contribution in [0.4, 0.5) is 5.69 Å². The Hall–Kier alpha value is -2.62. The van der Waals surface area contributed by atoms with Crippen LogP contribution in [0.15, 0.2) is 54.6 Å². The van der Waals surface area contributed by atoms with Crippen LogP contribution in [0.3, 0.4) is 0 Å². The van der Waals surface area contributed by atoms with Crippen molar-refractivity contribution in [2.24, 2.45) is 5.41 Å². The minimum atomic E-state index is -0.889. The predicted octanol–water partition coefficient (Wildman–Crippen LogP) is 3.33. The van der Waals surface area contributed by atoms with Gasteiger partial charge in [-0.05, 0) is 48.9 Å². The van der Waals surface area contributed by atoms with Crippen molar-refractivity contribution in [1.82, 2.24) is 5.32 Å². The second-order valence-corrected chi connectivity index (χ2v) is 6.58. The third-order valence-corrected chi connectivity index (χ3v) is 4.78. The lowest BCUT2D eigenvalue weighted by Crippen LogP contribution is -2.40. The average molecular weight is 336 g/mol. The number of carbonyl (C=O) groups is 2. The van der Waals surface area contributed by atoms with E-state index < -0.39 is 5.41 Å². The van der Waals surface area contributed by atoms with Gasteiger partial charge in [0, 0.05) is 12.2 Å². The molecule has 0 bridgehead atoms. The van der Waals surface area contributed by atoms with Gasteiger partial charge in [-0.1, -0.05) is 49.4 Å². The Morgan fingerprint density at radius 2 is 1.60 bits per heavy atom. The van der Waals surface area contributed by atoms with Gasteiger partial charge in [0.25, 0.3) is 0 Å². The summed E-state index contributed by atoms with van der Waals surface area (Å²) in [6.45, 7) is 2.63. The van der Waals surface area contributed by atoms with Crippen LogP contribution in [-0.2, 0) is 22.4 Å². The SMILES string of the molecule is CCc1ccc(NC(=O)C2(C(=O)NCCc3ccccc3)CC2)cc1. The lowest BCUT2D eigenvalue weighted by Gasteiger charge is -2.15. The highest BCUT2D eigenvalue weighted by atomic mass is 16.2. The lowest BCUT2D eigenvalue weighted by molar-refractivity contribution is -0.134. The number of aryl methyl sites for hydroxylation is 1. The normalized spacial score (nSPS) is 14.6. The van der Waals surface area contributed by atoms with Crippen molar-refractivity contribution in [2.75, 3.05) is 11.9 Å². The number of carbonyl (C=O) groups excluding carboxylic acids is 2. The summed E-state index contributed by atoms with van der Waals surface area (Å²) in [5.41, 5.74) is 2.25. The van der Waals surface area contributed by atoms with Crippen LogP contribution in [0.1, 0.15) is 30.9 Å². The number of anilines is 1. The van der Waals surface area contributed by atoms with Gasteiger partial charge in [-0.25, -0.2) is 0 Å². The molecule has 2 aromatic carbocycles. The van der Waals surface area contributed by atoms with E-state index >= 15 is 0 Å². The van der Waals surface area contributed by atoms with E-state index in [2.05, 4.69) is 17.6 Å². The predicted molar refractivity (Wildman–Crippen MR) is 99.3 cm³/mol. The van der Waals surface area contributed by atoms with E-state index in [-0.39, 0.29) is 11.8 Å². The summed E-state index contributed by atoms with van der Waals surface area (Å²) in [6.07, 6.45) is 2.96. The van der Waals surface area contributed by atoms with Crippen molar-refractivity contribution in [1.29, 1.82) is 0 Å².